The molecule has 1 unspecified atom stereocenters. The van der Waals surface area contributed by atoms with E-state index in [1.54, 1.807) is 6.20 Å². The zero-order chi connectivity index (χ0) is 17.4. The molecule has 0 radical (unpaired) electrons. The third-order valence-electron chi connectivity index (χ3n) is 5.58. The molecule has 0 spiro atoms. The van der Waals surface area contributed by atoms with Gasteiger partial charge in [0, 0.05) is 61.0 Å². The van der Waals surface area contributed by atoms with Gasteiger partial charge < -0.3 is 20.7 Å². The number of nitrogens with one attached hydrogen (secondary N) is 1. The van der Waals surface area contributed by atoms with Gasteiger partial charge in [0.15, 0.2) is 0 Å². The Balaban J connectivity index is 1.74. The van der Waals surface area contributed by atoms with Gasteiger partial charge >= 0.3 is 0 Å². The van der Waals surface area contributed by atoms with Crippen LogP contribution in [0.25, 0.3) is 5.57 Å². The van der Waals surface area contributed by atoms with E-state index in [-0.39, 0.29) is 6.10 Å². The van der Waals surface area contributed by atoms with Crippen molar-refractivity contribution in [3.63, 3.8) is 0 Å². The van der Waals surface area contributed by atoms with Gasteiger partial charge in [-0.05, 0) is 44.7 Å². The summed E-state index contributed by atoms with van der Waals surface area (Å²) in [6, 6.07) is 5.39. The average Bonchev–Trinajstić information content (AvgIpc) is 3.40. The first-order chi connectivity index (χ1) is 12.2. The number of hydrogen-bond donors (Lipinski definition) is 2. The summed E-state index contributed by atoms with van der Waals surface area (Å²) < 4.78 is 6.42. The number of aliphatic imine (C=N–C) groups is 1. The molecule has 1 aromatic rings. The average molecular weight is 340 g/mol. The lowest BCUT2D eigenvalue weighted by molar-refractivity contribution is 0.140. The van der Waals surface area contributed by atoms with Crippen molar-refractivity contribution in [2.24, 2.45) is 10.7 Å². The number of hydrogen-bond acceptors (Lipinski definition) is 5. The van der Waals surface area contributed by atoms with Gasteiger partial charge in [0.25, 0.3) is 0 Å². The summed E-state index contributed by atoms with van der Waals surface area (Å²) in [4.78, 5) is 6.98. The molecule has 3 aliphatic rings. The zero-order valence-corrected chi connectivity index (χ0v) is 15.2. The zero-order valence-electron chi connectivity index (χ0n) is 15.2. The predicted octanol–water partition coefficient (Wildman–Crippen LogP) is 2.34. The van der Waals surface area contributed by atoms with Crippen molar-refractivity contribution >= 4 is 17.5 Å². The molecule has 5 heteroatoms. The number of allylic oxidation sites excluding steroid dienone is 1. The summed E-state index contributed by atoms with van der Waals surface area (Å²) in [5.74, 6) is 1.00. The lowest BCUT2D eigenvalue weighted by Gasteiger charge is -2.37. The molecule has 2 fully saturated rings. The molecule has 25 heavy (non-hydrogen) atoms. The van der Waals surface area contributed by atoms with E-state index in [4.69, 9.17) is 10.5 Å². The highest BCUT2D eigenvalue weighted by molar-refractivity contribution is 6.11. The molecule has 1 saturated heterocycles. The second-order valence-corrected chi connectivity index (χ2v) is 7.47. The first-order valence-electron chi connectivity index (χ1n) is 9.39. The quantitative estimate of drug-likeness (QED) is 0.808. The van der Waals surface area contributed by atoms with Crippen LogP contribution in [0.1, 0.15) is 37.3 Å². The molecule has 0 aromatic heterocycles. The Bertz CT molecular complexity index is 704. The van der Waals surface area contributed by atoms with Gasteiger partial charge in [-0.25, -0.2) is 0 Å². The highest BCUT2D eigenvalue weighted by Gasteiger charge is 2.28. The number of nitrogens with two attached hydrogens (primary N) is 1. The van der Waals surface area contributed by atoms with Crippen LogP contribution < -0.4 is 20.7 Å². The highest BCUT2D eigenvalue weighted by atomic mass is 16.5. The summed E-state index contributed by atoms with van der Waals surface area (Å²) >= 11 is 0. The van der Waals surface area contributed by atoms with E-state index in [2.05, 4.69) is 41.3 Å². The van der Waals surface area contributed by atoms with Gasteiger partial charge in [-0.15, -0.1) is 0 Å². The standard InChI is InChI=1S/C20H28N4O/c1-13-3-6-18-19(24(13)2)8-7-17(20(18)25-16-11-22-12-16)14(9-21)10-23-15-4-5-15/h7-10,13,15-16,22H,3-6,11-12,21H2,1-2H3. The Labute approximate surface area is 149 Å². The molecular formula is C20H28N4O. The molecule has 2 aliphatic heterocycles. The highest BCUT2D eigenvalue weighted by Crippen LogP contribution is 2.41. The fourth-order valence-electron chi connectivity index (χ4n) is 3.46. The third kappa shape index (κ3) is 3.25. The molecule has 0 amide bonds. The summed E-state index contributed by atoms with van der Waals surface area (Å²) in [6.07, 6.45) is 8.41. The van der Waals surface area contributed by atoms with Crippen LogP contribution in [-0.4, -0.2) is 44.5 Å². The van der Waals surface area contributed by atoms with Crippen LogP contribution in [-0.2, 0) is 6.42 Å². The van der Waals surface area contributed by atoms with E-state index in [9.17, 15) is 0 Å². The van der Waals surface area contributed by atoms with E-state index >= 15 is 0 Å². The van der Waals surface area contributed by atoms with Gasteiger partial charge in [0.05, 0.1) is 6.04 Å². The largest absolute Gasteiger partial charge is 0.487 e. The van der Waals surface area contributed by atoms with E-state index in [1.807, 2.05) is 6.21 Å². The first kappa shape index (κ1) is 16.5. The minimum atomic E-state index is 0.245. The van der Waals surface area contributed by atoms with Gasteiger partial charge in [0.2, 0.25) is 0 Å². The van der Waals surface area contributed by atoms with Crippen molar-refractivity contribution in [2.45, 2.75) is 50.8 Å². The molecular weight excluding hydrogens is 312 g/mol. The van der Waals surface area contributed by atoms with Crippen LogP contribution in [0.5, 0.6) is 5.75 Å². The SMILES string of the molecule is CC1CCc2c(ccc(C(C=NC3CC3)=CN)c2OC2CNC2)N1C. The van der Waals surface area contributed by atoms with Gasteiger partial charge in [-0.2, -0.15) is 0 Å². The first-order valence-corrected chi connectivity index (χ1v) is 9.39. The Morgan fingerprint density at radius 1 is 1.32 bits per heavy atom. The van der Waals surface area contributed by atoms with Crippen LogP contribution in [0.15, 0.2) is 23.3 Å². The summed E-state index contributed by atoms with van der Waals surface area (Å²) in [6.45, 7) is 4.10. The lowest BCUT2D eigenvalue weighted by atomic mass is 9.92. The van der Waals surface area contributed by atoms with Crippen molar-refractivity contribution in [2.75, 3.05) is 25.0 Å². The van der Waals surface area contributed by atoms with Gasteiger partial charge in [-0.1, -0.05) is 0 Å². The normalized spacial score (nSPS) is 24.3. The Kier molecular flexibility index (Phi) is 4.42. The smallest absolute Gasteiger partial charge is 0.133 e. The number of fused-ring (bicyclic) bond motifs is 1. The fourth-order valence-corrected chi connectivity index (χ4v) is 3.46. The summed E-state index contributed by atoms with van der Waals surface area (Å²) in [7, 11) is 2.17. The maximum Gasteiger partial charge on any atom is 0.133 e. The molecule has 2 heterocycles. The molecule has 1 aromatic carbocycles. The van der Waals surface area contributed by atoms with Crippen molar-refractivity contribution in [1.29, 1.82) is 0 Å². The molecule has 1 saturated carbocycles. The van der Waals surface area contributed by atoms with E-state index in [1.165, 1.54) is 24.1 Å². The molecule has 134 valence electrons. The number of anilines is 1. The molecule has 1 aliphatic carbocycles. The van der Waals surface area contributed by atoms with Crippen LogP contribution in [0.4, 0.5) is 5.69 Å². The van der Waals surface area contributed by atoms with Crippen LogP contribution >= 0.6 is 0 Å². The molecule has 0 bridgehead atoms. The Morgan fingerprint density at radius 2 is 2.12 bits per heavy atom. The van der Waals surface area contributed by atoms with Crippen molar-refractivity contribution in [3.05, 3.63) is 29.5 Å². The van der Waals surface area contributed by atoms with E-state index < -0.39 is 0 Å². The van der Waals surface area contributed by atoms with Crippen LogP contribution in [0.2, 0.25) is 0 Å². The van der Waals surface area contributed by atoms with E-state index in [0.717, 1.165) is 42.8 Å². The number of ether oxygens (including phenoxy) is 1. The number of nitrogens with zero attached hydrogens (tertiary/aromatic N) is 2. The van der Waals surface area contributed by atoms with Crippen LogP contribution in [0, 0.1) is 0 Å². The maximum absolute atomic E-state index is 6.42. The molecule has 4 rings (SSSR count). The minimum absolute atomic E-state index is 0.245. The Morgan fingerprint density at radius 3 is 2.76 bits per heavy atom. The van der Waals surface area contributed by atoms with Gasteiger partial charge in [0.1, 0.15) is 11.9 Å². The van der Waals surface area contributed by atoms with Gasteiger partial charge in [-0.3, -0.25) is 4.99 Å². The van der Waals surface area contributed by atoms with Crippen molar-refractivity contribution in [1.82, 2.24) is 5.32 Å². The Hall–Kier alpha value is -2.01. The number of rotatable bonds is 5. The van der Waals surface area contributed by atoms with Crippen LogP contribution in [0.3, 0.4) is 0 Å². The summed E-state index contributed by atoms with van der Waals surface area (Å²) in [5.41, 5.74) is 10.6. The van der Waals surface area contributed by atoms with Crippen molar-refractivity contribution < 1.29 is 4.74 Å². The number of benzene rings is 1. The minimum Gasteiger partial charge on any atom is -0.487 e. The molecule has 1 atom stereocenters. The molecule has 5 nitrogen and oxygen atoms in total. The summed E-state index contributed by atoms with van der Waals surface area (Å²) in [5, 5.41) is 3.29. The fraction of sp³-hybridized carbons (Fsp3) is 0.550. The third-order valence-corrected chi connectivity index (χ3v) is 5.58. The lowest BCUT2D eigenvalue weighted by Crippen LogP contribution is -2.50. The maximum atomic E-state index is 6.42. The van der Waals surface area contributed by atoms with E-state index in [0.29, 0.717) is 12.1 Å². The van der Waals surface area contributed by atoms with Crippen molar-refractivity contribution in [3.8, 4) is 5.75 Å². The monoisotopic (exact) mass is 340 g/mol. The predicted molar refractivity (Wildman–Crippen MR) is 104 cm³/mol. The topological polar surface area (TPSA) is 62.9 Å². The second kappa shape index (κ2) is 6.71. The second-order valence-electron chi connectivity index (χ2n) is 7.47. The molecule has 3 N–H and O–H groups in total.